The van der Waals surface area contributed by atoms with Gasteiger partial charge in [-0.1, -0.05) is 24.3 Å². The molecular formula is C13H12FNO. The van der Waals surface area contributed by atoms with Crippen molar-refractivity contribution in [2.24, 2.45) is 0 Å². The number of benzene rings is 1. The highest BCUT2D eigenvalue weighted by atomic mass is 19.1. The minimum absolute atomic E-state index is 0.276. The summed E-state index contributed by atoms with van der Waals surface area (Å²) in [6, 6.07) is 9.69. The first kappa shape index (κ1) is 10.8. The molecule has 3 heteroatoms. The van der Waals surface area contributed by atoms with Crippen molar-refractivity contribution in [2.45, 2.75) is 13.0 Å². The largest absolute Gasteiger partial charge is 0.383 e. The first-order chi connectivity index (χ1) is 7.70. The third-order valence-electron chi connectivity index (χ3n) is 2.54. The molecule has 0 spiro atoms. The zero-order valence-electron chi connectivity index (χ0n) is 8.89. The normalized spacial score (nSPS) is 12.4. The van der Waals surface area contributed by atoms with Crippen molar-refractivity contribution in [3.63, 3.8) is 0 Å². The average Bonchev–Trinajstić information content (AvgIpc) is 2.29. The molecule has 0 saturated heterocycles. The van der Waals surface area contributed by atoms with E-state index in [1.165, 1.54) is 6.07 Å². The first-order valence-corrected chi connectivity index (χ1v) is 5.04. The van der Waals surface area contributed by atoms with Gasteiger partial charge in [0.1, 0.15) is 11.9 Å². The van der Waals surface area contributed by atoms with E-state index in [0.717, 1.165) is 0 Å². The predicted molar refractivity (Wildman–Crippen MR) is 59.4 cm³/mol. The van der Waals surface area contributed by atoms with Gasteiger partial charge in [-0.2, -0.15) is 0 Å². The zero-order valence-corrected chi connectivity index (χ0v) is 8.89. The van der Waals surface area contributed by atoms with E-state index in [1.54, 1.807) is 43.5 Å². The smallest absolute Gasteiger partial charge is 0.129 e. The molecule has 82 valence electrons. The van der Waals surface area contributed by atoms with Crippen LogP contribution in [0.5, 0.6) is 0 Å². The van der Waals surface area contributed by atoms with Gasteiger partial charge in [0.2, 0.25) is 0 Å². The number of hydrogen-bond donors (Lipinski definition) is 1. The van der Waals surface area contributed by atoms with Crippen molar-refractivity contribution in [2.75, 3.05) is 0 Å². The number of aliphatic hydroxyl groups excluding tert-OH is 1. The van der Waals surface area contributed by atoms with Crippen molar-refractivity contribution < 1.29 is 9.50 Å². The average molecular weight is 217 g/mol. The van der Waals surface area contributed by atoms with Crippen molar-refractivity contribution in [3.8, 4) is 0 Å². The second kappa shape index (κ2) is 4.41. The summed E-state index contributed by atoms with van der Waals surface area (Å²) in [4.78, 5) is 4.07. The molecule has 0 aliphatic carbocycles. The van der Waals surface area contributed by atoms with Gasteiger partial charge in [-0.25, -0.2) is 4.39 Å². The van der Waals surface area contributed by atoms with Crippen LogP contribution in [0.2, 0.25) is 0 Å². The third-order valence-corrected chi connectivity index (χ3v) is 2.54. The van der Waals surface area contributed by atoms with E-state index in [9.17, 15) is 9.50 Å². The van der Waals surface area contributed by atoms with Crippen LogP contribution in [0.3, 0.4) is 0 Å². The van der Waals surface area contributed by atoms with Gasteiger partial charge in [-0.05, 0) is 19.1 Å². The minimum atomic E-state index is -0.963. The lowest BCUT2D eigenvalue weighted by molar-refractivity contribution is 0.213. The van der Waals surface area contributed by atoms with Crippen LogP contribution in [0.1, 0.15) is 22.9 Å². The molecule has 2 nitrogen and oxygen atoms in total. The summed E-state index contributed by atoms with van der Waals surface area (Å²) in [5, 5.41) is 10.1. The summed E-state index contributed by atoms with van der Waals surface area (Å²) >= 11 is 0. The molecule has 1 aromatic heterocycles. The van der Waals surface area contributed by atoms with Crippen LogP contribution in [0.15, 0.2) is 42.6 Å². The molecule has 0 fully saturated rings. The lowest BCUT2D eigenvalue weighted by atomic mass is 10.0. The van der Waals surface area contributed by atoms with Gasteiger partial charge in [0, 0.05) is 23.0 Å². The standard InChI is InChI=1S/C13H12FNO/c1-9-10(6-4-8-15-9)13(16)11-5-2-3-7-12(11)14/h2-8,13,16H,1H3. The lowest BCUT2D eigenvalue weighted by Crippen LogP contribution is -2.05. The number of rotatable bonds is 2. The van der Waals surface area contributed by atoms with Gasteiger partial charge in [0.25, 0.3) is 0 Å². The number of aromatic nitrogens is 1. The van der Waals surface area contributed by atoms with Crippen molar-refractivity contribution in [1.82, 2.24) is 4.98 Å². The lowest BCUT2D eigenvalue weighted by Gasteiger charge is -2.13. The van der Waals surface area contributed by atoms with Crippen LogP contribution in [0.25, 0.3) is 0 Å². The first-order valence-electron chi connectivity index (χ1n) is 5.04. The predicted octanol–water partition coefficient (Wildman–Crippen LogP) is 2.61. The Morgan fingerprint density at radius 1 is 1.12 bits per heavy atom. The van der Waals surface area contributed by atoms with Gasteiger partial charge < -0.3 is 5.11 Å². The Morgan fingerprint density at radius 2 is 1.81 bits per heavy atom. The topological polar surface area (TPSA) is 33.1 Å². The number of pyridine rings is 1. The van der Waals surface area contributed by atoms with Gasteiger partial charge in [-0.15, -0.1) is 0 Å². The molecule has 1 aromatic carbocycles. The maximum Gasteiger partial charge on any atom is 0.129 e. The quantitative estimate of drug-likeness (QED) is 0.838. The van der Waals surface area contributed by atoms with Crippen molar-refractivity contribution in [3.05, 3.63) is 65.2 Å². The highest BCUT2D eigenvalue weighted by Gasteiger charge is 2.16. The molecule has 1 heterocycles. The Labute approximate surface area is 93.4 Å². The number of aryl methyl sites for hydroxylation is 1. The highest BCUT2D eigenvalue weighted by Crippen LogP contribution is 2.25. The summed E-state index contributed by atoms with van der Waals surface area (Å²) in [5.74, 6) is -0.404. The monoisotopic (exact) mass is 217 g/mol. The third kappa shape index (κ3) is 1.95. The second-order valence-electron chi connectivity index (χ2n) is 3.60. The molecule has 16 heavy (non-hydrogen) atoms. The Kier molecular flexibility index (Phi) is 2.97. The zero-order chi connectivity index (χ0) is 11.5. The summed E-state index contributed by atoms with van der Waals surface area (Å²) in [6.07, 6.45) is 0.683. The highest BCUT2D eigenvalue weighted by molar-refractivity contribution is 5.32. The molecule has 0 aliphatic heterocycles. The molecule has 1 unspecified atom stereocenters. The molecule has 0 bridgehead atoms. The van der Waals surface area contributed by atoms with Crippen LogP contribution < -0.4 is 0 Å². The Bertz CT molecular complexity index is 453. The summed E-state index contributed by atoms with van der Waals surface area (Å²) in [7, 11) is 0. The van der Waals surface area contributed by atoms with Crippen molar-refractivity contribution >= 4 is 0 Å². The van der Waals surface area contributed by atoms with Gasteiger partial charge in [-0.3, -0.25) is 4.98 Å². The van der Waals surface area contributed by atoms with E-state index in [4.69, 9.17) is 0 Å². The van der Waals surface area contributed by atoms with Gasteiger partial charge in [0.15, 0.2) is 0 Å². The van der Waals surface area contributed by atoms with E-state index in [2.05, 4.69) is 4.98 Å². The van der Waals surface area contributed by atoms with Crippen LogP contribution >= 0.6 is 0 Å². The molecule has 2 aromatic rings. The van der Waals surface area contributed by atoms with E-state index < -0.39 is 11.9 Å². The number of nitrogens with zero attached hydrogens (tertiary/aromatic N) is 1. The van der Waals surface area contributed by atoms with Crippen LogP contribution in [0, 0.1) is 12.7 Å². The van der Waals surface area contributed by atoms with Crippen molar-refractivity contribution in [1.29, 1.82) is 0 Å². The maximum atomic E-state index is 13.5. The molecule has 0 aliphatic rings. The van der Waals surface area contributed by atoms with Crippen LogP contribution in [0.4, 0.5) is 4.39 Å². The number of aliphatic hydroxyl groups is 1. The second-order valence-corrected chi connectivity index (χ2v) is 3.60. The van der Waals surface area contributed by atoms with Gasteiger partial charge in [0.05, 0.1) is 0 Å². The molecule has 0 radical (unpaired) electrons. The van der Waals surface area contributed by atoms with E-state index in [0.29, 0.717) is 11.3 Å². The molecular weight excluding hydrogens is 205 g/mol. The molecule has 2 rings (SSSR count). The Morgan fingerprint density at radius 3 is 2.50 bits per heavy atom. The molecule has 1 N–H and O–H groups in total. The number of hydrogen-bond acceptors (Lipinski definition) is 2. The fraction of sp³-hybridized carbons (Fsp3) is 0.154. The Hall–Kier alpha value is -1.74. The van der Waals surface area contributed by atoms with Crippen LogP contribution in [-0.4, -0.2) is 10.1 Å². The minimum Gasteiger partial charge on any atom is -0.383 e. The maximum absolute atomic E-state index is 13.5. The fourth-order valence-corrected chi connectivity index (χ4v) is 1.65. The molecule has 1 atom stereocenters. The van der Waals surface area contributed by atoms with E-state index >= 15 is 0 Å². The summed E-state index contributed by atoms with van der Waals surface area (Å²) in [6.45, 7) is 1.79. The summed E-state index contributed by atoms with van der Waals surface area (Å²) in [5.41, 5.74) is 1.62. The Balaban J connectivity index is 2.44. The summed E-state index contributed by atoms with van der Waals surface area (Å²) < 4.78 is 13.5. The van der Waals surface area contributed by atoms with Gasteiger partial charge >= 0.3 is 0 Å². The SMILES string of the molecule is Cc1ncccc1C(O)c1ccccc1F. The number of halogens is 1. The van der Waals surface area contributed by atoms with E-state index in [1.807, 2.05) is 0 Å². The van der Waals surface area contributed by atoms with Crippen LogP contribution in [-0.2, 0) is 0 Å². The molecule has 0 saturated carbocycles. The fourth-order valence-electron chi connectivity index (χ4n) is 1.65. The molecule has 0 amide bonds. The van der Waals surface area contributed by atoms with E-state index in [-0.39, 0.29) is 5.56 Å².